The van der Waals surface area contributed by atoms with E-state index in [4.69, 9.17) is 0 Å². The molecule has 9 atom stereocenters. The summed E-state index contributed by atoms with van der Waals surface area (Å²) in [6, 6.07) is 0. The van der Waals surface area contributed by atoms with Gasteiger partial charge < -0.3 is 5.11 Å². The largest absolute Gasteiger partial charge is 0.481 e. The van der Waals surface area contributed by atoms with E-state index >= 15 is 0 Å². The van der Waals surface area contributed by atoms with Crippen molar-refractivity contribution in [2.45, 2.75) is 98.8 Å². The van der Waals surface area contributed by atoms with Gasteiger partial charge in [0, 0.05) is 17.2 Å². The van der Waals surface area contributed by atoms with Crippen molar-refractivity contribution in [1.82, 2.24) is 0 Å². The van der Waals surface area contributed by atoms with Crippen LogP contribution in [0.5, 0.6) is 0 Å². The van der Waals surface area contributed by atoms with E-state index in [0.29, 0.717) is 29.5 Å². The molecule has 1 N–H and O–H groups in total. The predicted molar refractivity (Wildman–Crippen MR) is 140 cm³/mol. The molecule has 3 nitrogen and oxygen atoms in total. The highest BCUT2D eigenvalue weighted by molar-refractivity contribution is 9.09. The average Bonchev–Trinajstić information content (AvgIpc) is 3.18. The zero-order chi connectivity index (χ0) is 24.9. The summed E-state index contributed by atoms with van der Waals surface area (Å²) in [5.74, 6) is 1.96. The smallest absolute Gasteiger partial charge is 0.309 e. The van der Waals surface area contributed by atoms with Gasteiger partial charge in [0.15, 0.2) is 0 Å². The van der Waals surface area contributed by atoms with Gasteiger partial charge >= 0.3 is 5.97 Å². The van der Waals surface area contributed by atoms with Gasteiger partial charge in [-0.3, -0.25) is 9.59 Å². The van der Waals surface area contributed by atoms with Gasteiger partial charge in [-0.05, 0) is 104 Å². The van der Waals surface area contributed by atoms with Crippen molar-refractivity contribution < 1.29 is 14.7 Å². The van der Waals surface area contributed by atoms with Crippen LogP contribution >= 0.6 is 15.9 Å². The number of hydrogen-bond acceptors (Lipinski definition) is 2. The van der Waals surface area contributed by atoms with Gasteiger partial charge in [0.2, 0.25) is 0 Å². The number of Topliss-reactive ketones (excluding diaryl/α,β-unsaturated/α-hetero) is 1. The highest BCUT2D eigenvalue weighted by Gasteiger charge is 2.72. The lowest BCUT2D eigenvalue weighted by atomic mass is 9.32. The van der Waals surface area contributed by atoms with Crippen LogP contribution in [0, 0.1) is 56.7 Å². The Bertz CT molecular complexity index is 924. The van der Waals surface area contributed by atoms with Gasteiger partial charge in [0.05, 0.1) is 5.41 Å². The minimum atomic E-state index is -0.566. The number of halogens is 1. The van der Waals surface area contributed by atoms with E-state index in [1.165, 1.54) is 18.4 Å². The maximum Gasteiger partial charge on any atom is 0.309 e. The first-order valence-corrected chi connectivity index (χ1v) is 14.9. The lowest BCUT2D eigenvalue weighted by molar-refractivity contribution is -0.235. The monoisotopic (exact) mass is 532 g/mol. The standard InChI is InChI=1S/C30H45BrO3/c1-18(17-31)19-9-14-30(25(33)34)16-15-28(5)20(24(19)30)7-8-22-27(4)12-11-23(32)26(2,3)21(27)10-13-29(22,28)6/h19-22,24H,1,7-17H2,2-6H3,(H,33,34)/t19-,20+,21-,22+,24+,27-,28+,29+,30-/m0/s1. The van der Waals surface area contributed by atoms with Gasteiger partial charge in [-0.1, -0.05) is 62.7 Å². The number of allylic oxidation sites excluding steroid dienone is 1. The topological polar surface area (TPSA) is 54.4 Å². The summed E-state index contributed by atoms with van der Waals surface area (Å²) in [6.45, 7) is 16.5. The van der Waals surface area contributed by atoms with Gasteiger partial charge in [-0.2, -0.15) is 0 Å². The fourth-order valence-electron chi connectivity index (χ4n) is 11.3. The number of carboxylic acid groups (broad SMARTS) is 1. The van der Waals surface area contributed by atoms with Crippen LogP contribution in [0.3, 0.4) is 0 Å². The van der Waals surface area contributed by atoms with E-state index < -0.39 is 11.4 Å². The van der Waals surface area contributed by atoms with Crippen molar-refractivity contribution in [2.24, 2.45) is 56.7 Å². The second kappa shape index (κ2) is 7.68. The van der Waals surface area contributed by atoms with Crippen LogP contribution < -0.4 is 0 Å². The van der Waals surface area contributed by atoms with Crippen LogP contribution in [-0.4, -0.2) is 22.2 Å². The highest BCUT2D eigenvalue weighted by atomic mass is 79.9. The fraction of sp³-hybridized carbons (Fsp3) is 0.867. The molecular weight excluding hydrogens is 488 g/mol. The molecule has 5 rings (SSSR count). The minimum Gasteiger partial charge on any atom is -0.481 e. The average molecular weight is 534 g/mol. The number of carbonyl (C=O) groups excluding carboxylic acids is 1. The Morgan fingerprint density at radius 3 is 2.29 bits per heavy atom. The lowest BCUT2D eigenvalue weighted by Crippen LogP contribution is -2.66. The van der Waals surface area contributed by atoms with Crippen LogP contribution in [0.25, 0.3) is 0 Å². The number of carbonyl (C=O) groups is 2. The van der Waals surface area contributed by atoms with Crippen molar-refractivity contribution in [3.8, 4) is 0 Å². The molecule has 0 unspecified atom stereocenters. The second-order valence-corrected chi connectivity index (χ2v) is 14.8. The highest BCUT2D eigenvalue weighted by Crippen LogP contribution is 2.77. The lowest BCUT2D eigenvalue weighted by Gasteiger charge is -2.72. The number of hydrogen-bond donors (Lipinski definition) is 1. The van der Waals surface area contributed by atoms with E-state index in [1.54, 1.807) is 0 Å². The van der Waals surface area contributed by atoms with Crippen molar-refractivity contribution in [1.29, 1.82) is 0 Å². The molecule has 5 fully saturated rings. The molecule has 0 spiro atoms. The number of fused-ring (bicyclic) bond motifs is 7. The third kappa shape index (κ3) is 2.87. The number of alkyl halides is 1. The molecule has 0 amide bonds. The summed E-state index contributed by atoms with van der Waals surface area (Å²) in [5, 5.41) is 11.3. The molecule has 0 radical (unpaired) electrons. The Labute approximate surface area is 215 Å². The van der Waals surface area contributed by atoms with E-state index in [2.05, 4.69) is 57.1 Å². The molecule has 5 saturated carbocycles. The molecule has 0 aromatic heterocycles. The van der Waals surface area contributed by atoms with Crippen LogP contribution in [0.4, 0.5) is 0 Å². The predicted octanol–water partition coefficient (Wildman–Crippen LogP) is 7.67. The van der Waals surface area contributed by atoms with Crippen LogP contribution in [-0.2, 0) is 9.59 Å². The van der Waals surface area contributed by atoms with Crippen molar-refractivity contribution in [3.05, 3.63) is 12.2 Å². The summed E-state index contributed by atoms with van der Waals surface area (Å²) in [6.07, 6.45) is 10.0. The minimum absolute atomic E-state index is 0.147. The maximum atomic E-state index is 12.9. The third-order valence-electron chi connectivity index (χ3n) is 13.3. The molecule has 4 heteroatoms. The first-order chi connectivity index (χ1) is 15.8. The first-order valence-electron chi connectivity index (χ1n) is 13.8. The second-order valence-electron chi connectivity index (χ2n) is 14.2. The van der Waals surface area contributed by atoms with Crippen molar-refractivity contribution in [2.75, 3.05) is 5.33 Å². The number of carboxylic acids is 1. The van der Waals surface area contributed by atoms with Crippen LogP contribution in [0.2, 0.25) is 0 Å². The molecule has 34 heavy (non-hydrogen) atoms. The third-order valence-corrected chi connectivity index (χ3v) is 14.0. The number of aliphatic carboxylic acids is 1. The van der Waals surface area contributed by atoms with Gasteiger partial charge in [0.1, 0.15) is 5.78 Å². The summed E-state index contributed by atoms with van der Waals surface area (Å²) in [4.78, 5) is 25.8. The molecule has 0 aliphatic heterocycles. The zero-order valence-corrected chi connectivity index (χ0v) is 23.6. The van der Waals surface area contributed by atoms with Crippen molar-refractivity contribution >= 4 is 27.7 Å². The number of rotatable bonds is 3. The number of ketones is 1. The maximum absolute atomic E-state index is 12.9. The molecule has 0 bridgehead atoms. The SMILES string of the molecule is C=C(CBr)[C@@H]1CC[C@]2(C(=O)O)CC[C@]3(C)[C@H](CC[C@@H]4[C@@]5(C)CCC(=O)C(C)(C)[C@@H]5CC[C@]43C)[C@@H]12. The molecule has 0 saturated heterocycles. The quantitative estimate of drug-likeness (QED) is 0.299. The molecular formula is C30H45BrO3. The van der Waals surface area contributed by atoms with E-state index in [1.807, 2.05) is 0 Å². The summed E-state index contributed by atoms with van der Waals surface area (Å²) < 4.78 is 0. The summed E-state index contributed by atoms with van der Waals surface area (Å²) >= 11 is 3.65. The normalized spacial score (nSPS) is 51.6. The van der Waals surface area contributed by atoms with Crippen LogP contribution in [0.15, 0.2) is 12.2 Å². The van der Waals surface area contributed by atoms with Gasteiger partial charge in [-0.25, -0.2) is 0 Å². The Morgan fingerprint density at radius 1 is 0.941 bits per heavy atom. The van der Waals surface area contributed by atoms with Crippen molar-refractivity contribution in [3.63, 3.8) is 0 Å². The zero-order valence-electron chi connectivity index (χ0n) is 22.0. The van der Waals surface area contributed by atoms with Gasteiger partial charge in [0.25, 0.3) is 0 Å². The van der Waals surface area contributed by atoms with Crippen LogP contribution in [0.1, 0.15) is 98.8 Å². The van der Waals surface area contributed by atoms with Gasteiger partial charge in [-0.15, -0.1) is 0 Å². The van der Waals surface area contributed by atoms with E-state index in [-0.39, 0.29) is 27.6 Å². The molecule has 5 aliphatic rings. The molecule has 5 aliphatic carbocycles. The first kappa shape index (κ1) is 25.0. The van der Waals surface area contributed by atoms with E-state index in [0.717, 1.165) is 56.7 Å². The summed E-state index contributed by atoms with van der Waals surface area (Å²) in [5.41, 5.74) is 0.964. The Kier molecular flexibility index (Phi) is 5.66. The molecule has 190 valence electrons. The Balaban J connectivity index is 1.57. The fourth-order valence-corrected chi connectivity index (χ4v) is 11.7. The molecule has 0 aromatic rings. The Hall–Kier alpha value is -0.640. The summed E-state index contributed by atoms with van der Waals surface area (Å²) in [7, 11) is 0. The molecule has 0 aromatic carbocycles. The van der Waals surface area contributed by atoms with E-state index in [9.17, 15) is 14.7 Å². The Morgan fingerprint density at radius 2 is 1.65 bits per heavy atom. The molecule has 0 heterocycles.